The second-order valence-electron chi connectivity index (χ2n) is 8.21. The molecule has 0 spiro atoms. The number of benzene rings is 2. The number of methoxy groups -OCH3 is 1. The van der Waals surface area contributed by atoms with Crippen LogP contribution in [0.5, 0.6) is 11.6 Å². The normalized spacial score (nSPS) is 12.4. The van der Waals surface area contributed by atoms with E-state index in [2.05, 4.69) is 4.98 Å². The lowest BCUT2D eigenvalue weighted by Gasteiger charge is -2.26. The first-order valence-electron chi connectivity index (χ1n) is 11.4. The standard InChI is InChI=1S/C27H33N3O5/c1-20(34-26-11-6-7-16-28-26)33-21(2)35-27(31)30(19-23-9-8-10-25(17-23)32-5)18-22-12-14-24(15-13-22)29(3)4/h6-17,20-21H,18-19H2,1-5H3. The van der Waals surface area contributed by atoms with Crippen LogP contribution in [-0.4, -0.2) is 49.8 Å². The van der Waals surface area contributed by atoms with E-state index in [1.54, 1.807) is 44.2 Å². The molecule has 0 aliphatic heterocycles. The molecule has 0 saturated carbocycles. The molecule has 2 unspecified atom stereocenters. The zero-order valence-corrected chi connectivity index (χ0v) is 20.9. The molecule has 0 fully saturated rings. The number of nitrogens with zero attached hydrogens (tertiary/aromatic N) is 3. The Hall–Kier alpha value is -3.78. The largest absolute Gasteiger partial charge is 0.497 e. The minimum absolute atomic E-state index is 0.345. The lowest BCUT2D eigenvalue weighted by molar-refractivity contribution is -0.184. The summed E-state index contributed by atoms with van der Waals surface area (Å²) in [6, 6.07) is 21.0. The number of hydrogen-bond donors (Lipinski definition) is 0. The van der Waals surface area contributed by atoms with Gasteiger partial charge in [-0.2, -0.15) is 0 Å². The molecular weight excluding hydrogens is 446 g/mol. The quantitative estimate of drug-likeness (QED) is 0.355. The molecule has 3 rings (SSSR count). The van der Waals surface area contributed by atoms with E-state index in [4.69, 9.17) is 18.9 Å². The third-order valence-corrected chi connectivity index (χ3v) is 5.17. The number of rotatable bonds is 11. The summed E-state index contributed by atoms with van der Waals surface area (Å²) in [6.45, 7) is 4.10. The lowest BCUT2D eigenvalue weighted by Crippen LogP contribution is -2.35. The van der Waals surface area contributed by atoms with E-state index in [9.17, 15) is 4.79 Å². The molecule has 35 heavy (non-hydrogen) atoms. The Bertz CT molecular complexity index is 1060. The highest BCUT2D eigenvalue weighted by Gasteiger charge is 2.21. The van der Waals surface area contributed by atoms with E-state index >= 15 is 0 Å². The molecule has 2 aromatic carbocycles. The van der Waals surface area contributed by atoms with E-state index in [1.807, 2.05) is 73.6 Å². The fraction of sp³-hybridized carbons (Fsp3) is 0.333. The van der Waals surface area contributed by atoms with Gasteiger partial charge in [-0.3, -0.25) is 4.90 Å². The van der Waals surface area contributed by atoms with Gasteiger partial charge in [-0.25, -0.2) is 9.78 Å². The van der Waals surface area contributed by atoms with Crippen molar-refractivity contribution in [2.75, 3.05) is 26.1 Å². The van der Waals surface area contributed by atoms with Crippen molar-refractivity contribution in [3.05, 3.63) is 84.1 Å². The Morgan fingerprint density at radius 1 is 0.914 bits per heavy atom. The number of anilines is 1. The first-order valence-corrected chi connectivity index (χ1v) is 11.4. The summed E-state index contributed by atoms with van der Waals surface area (Å²) in [5, 5.41) is 0. The minimum Gasteiger partial charge on any atom is -0.497 e. The van der Waals surface area contributed by atoms with Crippen LogP contribution < -0.4 is 14.4 Å². The number of hydrogen-bond acceptors (Lipinski definition) is 7. The molecule has 3 aromatic rings. The fourth-order valence-corrected chi connectivity index (χ4v) is 3.42. The lowest BCUT2D eigenvalue weighted by atomic mass is 10.1. The van der Waals surface area contributed by atoms with Gasteiger partial charge in [0, 0.05) is 45.1 Å². The van der Waals surface area contributed by atoms with Gasteiger partial charge >= 0.3 is 6.09 Å². The highest BCUT2D eigenvalue weighted by atomic mass is 16.8. The van der Waals surface area contributed by atoms with Crippen molar-refractivity contribution >= 4 is 11.8 Å². The number of ether oxygens (including phenoxy) is 4. The smallest absolute Gasteiger partial charge is 0.412 e. The Morgan fingerprint density at radius 3 is 2.31 bits per heavy atom. The Balaban J connectivity index is 1.68. The average molecular weight is 480 g/mol. The van der Waals surface area contributed by atoms with E-state index in [1.165, 1.54) is 0 Å². The third-order valence-electron chi connectivity index (χ3n) is 5.17. The molecule has 0 N–H and O–H groups in total. The van der Waals surface area contributed by atoms with Crippen LogP contribution in [0.25, 0.3) is 0 Å². The van der Waals surface area contributed by atoms with Gasteiger partial charge in [0.25, 0.3) is 0 Å². The Labute approximate surface area is 207 Å². The van der Waals surface area contributed by atoms with E-state index in [0.29, 0.717) is 19.0 Å². The molecule has 8 nitrogen and oxygen atoms in total. The summed E-state index contributed by atoms with van der Waals surface area (Å²) < 4.78 is 22.3. The van der Waals surface area contributed by atoms with Crippen molar-refractivity contribution < 1.29 is 23.7 Å². The SMILES string of the molecule is COc1cccc(CN(Cc2ccc(N(C)C)cc2)C(=O)OC(C)OC(C)Oc2ccccn2)c1. The molecule has 1 amide bonds. The highest BCUT2D eigenvalue weighted by Crippen LogP contribution is 2.19. The van der Waals surface area contributed by atoms with Gasteiger partial charge in [-0.1, -0.05) is 30.3 Å². The van der Waals surface area contributed by atoms with Crippen LogP contribution in [0.3, 0.4) is 0 Å². The second-order valence-corrected chi connectivity index (χ2v) is 8.21. The van der Waals surface area contributed by atoms with Gasteiger partial charge in [-0.15, -0.1) is 0 Å². The summed E-state index contributed by atoms with van der Waals surface area (Å²) >= 11 is 0. The zero-order chi connectivity index (χ0) is 25.2. The van der Waals surface area contributed by atoms with Crippen LogP contribution >= 0.6 is 0 Å². The molecule has 1 aromatic heterocycles. The van der Waals surface area contributed by atoms with E-state index in [0.717, 1.165) is 22.6 Å². The summed E-state index contributed by atoms with van der Waals surface area (Å²) in [5.74, 6) is 1.16. The summed E-state index contributed by atoms with van der Waals surface area (Å²) in [4.78, 5) is 20.9. The number of carbonyl (C=O) groups is 1. The molecular formula is C27H33N3O5. The molecule has 186 valence electrons. The molecule has 8 heteroatoms. The van der Waals surface area contributed by atoms with Crippen molar-refractivity contribution in [3.8, 4) is 11.6 Å². The van der Waals surface area contributed by atoms with Gasteiger partial charge in [0.2, 0.25) is 18.5 Å². The average Bonchev–Trinajstić information content (AvgIpc) is 2.84. The maximum Gasteiger partial charge on any atom is 0.412 e. The Morgan fingerprint density at radius 2 is 1.66 bits per heavy atom. The molecule has 0 aliphatic carbocycles. The zero-order valence-electron chi connectivity index (χ0n) is 20.9. The van der Waals surface area contributed by atoms with Gasteiger partial charge in [-0.05, 0) is 55.3 Å². The third kappa shape index (κ3) is 8.19. The van der Waals surface area contributed by atoms with E-state index < -0.39 is 18.7 Å². The molecule has 0 saturated heterocycles. The number of aromatic nitrogens is 1. The number of amides is 1. The predicted octanol–water partition coefficient (Wildman–Crippen LogP) is 5.08. The molecule has 0 bridgehead atoms. The van der Waals surface area contributed by atoms with Crippen LogP contribution in [0.1, 0.15) is 25.0 Å². The second kappa shape index (κ2) is 12.6. The summed E-state index contributed by atoms with van der Waals surface area (Å²) in [6.07, 6.45) is -0.349. The molecule has 1 heterocycles. The Kier molecular flexibility index (Phi) is 9.31. The van der Waals surface area contributed by atoms with Crippen LogP contribution in [0.15, 0.2) is 72.9 Å². The van der Waals surface area contributed by atoms with Crippen LogP contribution in [-0.2, 0) is 22.6 Å². The van der Waals surface area contributed by atoms with Crippen molar-refractivity contribution in [2.45, 2.75) is 39.5 Å². The number of carbonyl (C=O) groups excluding carboxylic acids is 1. The van der Waals surface area contributed by atoms with Crippen molar-refractivity contribution in [1.82, 2.24) is 9.88 Å². The minimum atomic E-state index is -0.829. The topological polar surface area (TPSA) is 73.4 Å². The van der Waals surface area contributed by atoms with Crippen molar-refractivity contribution in [3.63, 3.8) is 0 Å². The van der Waals surface area contributed by atoms with Crippen LogP contribution in [0.4, 0.5) is 10.5 Å². The molecule has 0 radical (unpaired) electrons. The summed E-state index contributed by atoms with van der Waals surface area (Å²) in [7, 11) is 5.59. The number of pyridine rings is 1. The molecule has 2 atom stereocenters. The highest BCUT2D eigenvalue weighted by molar-refractivity contribution is 5.68. The van der Waals surface area contributed by atoms with Crippen LogP contribution in [0, 0.1) is 0 Å². The molecule has 0 aliphatic rings. The fourth-order valence-electron chi connectivity index (χ4n) is 3.42. The first kappa shape index (κ1) is 25.8. The monoisotopic (exact) mass is 479 g/mol. The maximum absolute atomic E-state index is 13.2. The van der Waals surface area contributed by atoms with Crippen molar-refractivity contribution in [2.24, 2.45) is 0 Å². The summed E-state index contributed by atoms with van der Waals surface area (Å²) in [5.41, 5.74) is 2.99. The van der Waals surface area contributed by atoms with E-state index in [-0.39, 0.29) is 0 Å². The van der Waals surface area contributed by atoms with Crippen molar-refractivity contribution in [1.29, 1.82) is 0 Å². The van der Waals surface area contributed by atoms with Gasteiger partial charge in [0.05, 0.1) is 7.11 Å². The van der Waals surface area contributed by atoms with Gasteiger partial charge < -0.3 is 23.8 Å². The van der Waals surface area contributed by atoms with Gasteiger partial charge in [0.1, 0.15) is 5.75 Å². The first-order chi connectivity index (χ1) is 16.8. The maximum atomic E-state index is 13.2. The predicted molar refractivity (Wildman–Crippen MR) is 134 cm³/mol. The van der Waals surface area contributed by atoms with Crippen LogP contribution in [0.2, 0.25) is 0 Å². The van der Waals surface area contributed by atoms with Gasteiger partial charge in [0.15, 0.2) is 0 Å².